The van der Waals surface area contributed by atoms with E-state index in [1.54, 1.807) is 10.7 Å². The number of anilines is 2. The fraction of sp³-hybridized carbons (Fsp3) is 0.583. The van der Waals surface area contributed by atoms with Crippen molar-refractivity contribution in [1.82, 2.24) is 29.5 Å². The summed E-state index contributed by atoms with van der Waals surface area (Å²) in [6, 6.07) is 2.50. The van der Waals surface area contributed by atoms with Crippen LogP contribution in [0.5, 0.6) is 6.01 Å². The van der Waals surface area contributed by atoms with E-state index in [0.717, 1.165) is 62.6 Å². The lowest BCUT2D eigenvalue weighted by Gasteiger charge is -2.36. The maximum atomic E-state index is 6.10. The molecule has 1 aliphatic rings. The van der Waals surface area contributed by atoms with Crippen LogP contribution in [0.15, 0.2) is 18.5 Å². The Labute approximate surface area is 196 Å². The molecule has 0 unspecified atom stereocenters. The molecule has 33 heavy (non-hydrogen) atoms. The van der Waals surface area contributed by atoms with Gasteiger partial charge in [0.05, 0.1) is 18.5 Å². The molecule has 1 saturated heterocycles. The topological polar surface area (TPSA) is 97.7 Å². The average molecular weight is 453 g/mol. The van der Waals surface area contributed by atoms with Gasteiger partial charge in [0, 0.05) is 45.3 Å². The number of hydrogen-bond acceptors (Lipinski definition) is 8. The third-order valence-electron chi connectivity index (χ3n) is 5.96. The van der Waals surface area contributed by atoms with E-state index in [4.69, 9.17) is 15.5 Å². The lowest BCUT2D eigenvalue weighted by atomic mass is 10.1. The van der Waals surface area contributed by atoms with Gasteiger partial charge in [-0.1, -0.05) is 33.3 Å². The van der Waals surface area contributed by atoms with E-state index in [2.05, 4.69) is 58.6 Å². The number of fused-ring (bicyclic) bond motifs is 1. The quantitative estimate of drug-likeness (QED) is 0.495. The summed E-state index contributed by atoms with van der Waals surface area (Å²) in [5, 5.41) is 4.51. The smallest absolute Gasteiger partial charge is 0.336 e. The molecule has 4 heterocycles. The van der Waals surface area contributed by atoms with E-state index < -0.39 is 0 Å². The van der Waals surface area contributed by atoms with Crippen LogP contribution >= 0.6 is 0 Å². The first kappa shape index (κ1) is 23.2. The average Bonchev–Trinajstić information content (AvgIpc) is 3.18. The molecule has 0 spiro atoms. The Hall–Kier alpha value is -2.94. The van der Waals surface area contributed by atoms with Crippen molar-refractivity contribution in [3.8, 4) is 6.01 Å². The van der Waals surface area contributed by atoms with Crippen molar-refractivity contribution < 1.29 is 4.74 Å². The summed E-state index contributed by atoms with van der Waals surface area (Å²) in [7, 11) is 0. The van der Waals surface area contributed by atoms with Crippen LogP contribution in [0.4, 0.5) is 11.6 Å². The molecule has 2 N–H and O–H groups in total. The van der Waals surface area contributed by atoms with Gasteiger partial charge in [-0.15, -0.1) is 5.10 Å². The molecule has 4 rings (SSSR count). The summed E-state index contributed by atoms with van der Waals surface area (Å²) in [6.07, 6.45) is 6.41. The van der Waals surface area contributed by atoms with Crippen LogP contribution in [0.1, 0.15) is 50.4 Å². The van der Waals surface area contributed by atoms with Gasteiger partial charge in [0.15, 0.2) is 11.5 Å². The number of nitrogens with two attached hydrogens (primary N) is 1. The lowest BCUT2D eigenvalue weighted by Crippen LogP contribution is -2.47. The summed E-state index contributed by atoms with van der Waals surface area (Å²) >= 11 is 0. The third-order valence-corrected chi connectivity index (χ3v) is 5.96. The standard InChI is InChI=1S/C24H36N8O/c1-5-6-11-33-24-28-21(25)23-27-15-20(32(23)29-24)13-19-12-18(4)22(26-14-19)31-9-7-30(8-10-31)16-17(2)3/h12,14-15,17H,5-11,13,16H2,1-4H3,(H2,25,28,29). The summed E-state index contributed by atoms with van der Waals surface area (Å²) in [6.45, 7) is 14.8. The molecule has 3 aromatic rings. The molecular weight excluding hydrogens is 416 g/mol. The molecule has 0 atom stereocenters. The van der Waals surface area contributed by atoms with Crippen LogP contribution in [0.25, 0.3) is 5.65 Å². The number of nitrogen functional groups attached to an aromatic ring is 1. The number of aryl methyl sites for hydroxylation is 1. The second-order valence-electron chi connectivity index (χ2n) is 9.31. The van der Waals surface area contributed by atoms with Gasteiger partial charge in [-0.25, -0.2) is 14.5 Å². The lowest BCUT2D eigenvalue weighted by molar-refractivity contribution is 0.231. The number of hydrogen-bond donors (Lipinski definition) is 1. The number of rotatable bonds is 9. The van der Waals surface area contributed by atoms with Crippen molar-refractivity contribution in [1.29, 1.82) is 0 Å². The van der Waals surface area contributed by atoms with Crippen LogP contribution in [0.2, 0.25) is 0 Å². The number of nitrogens with zero attached hydrogens (tertiary/aromatic N) is 7. The van der Waals surface area contributed by atoms with Gasteiger partial charge >= 0.3 is 6.01 Å². The second-order valence-corrected chi connectivity index (χ2v) is 9.31. The van der Waals surface area contributed by atoms with E-state index in [9.17, 15) is 0 Å². The minimum Gasteiger partial charge on any atom is -0.462 e. The first-order valence-corrected chi connectivity index (χ1v) is 12.0. The zero-order chi connectivity index (χ0) is 23.4. The molecule has 3 aromatic heterocycles. The third kappa shape index (κ3) is 5.52. The van der Waals surface area contributed by atoms with Crippen molar-refractivity contribution >= 4 is 17.3 Å². The zero-order valence-electron chi connectivity index (χ0n) is 20.3. The van der Waals surface area contributed by atoms with Crippen molar-refractivity contribution in [2.45, 2.75) is 47.0 Å². The van der Waals surface area contributed by atoms with E-state index in [1.807, 2.05) is 6.20 Å². The Morgan fingerprint density at radius 1 is 1.12 bits per heavy atom. The Kier molecular flexibility index (Phi) is 7.27. The van der Waals surface area contributed by atoms with E-state index in [0.29, 0.717) is 30.4 Å². The highest BCUT2D eigenvalue weighted by molar-refractivity contribution is 5.60. The molecule has 0 bridgehead atoms. The summed E-state index contributed by atoms with van der Waals surface area (Å²) in [5.41, 5.74) is 9.88. The van der Waals surface area contributed by atoms with Crippen LogP contribution in [-0.2, 0) is 6.42 Å². The van der Waals surface area contributed by atoms with Gasteiger partial charge in [0.1, 0.15) is 5.82 Å². The molecule has 1 aliphatic heterocycles. The SMILES string of the molecule is CCCCOc1nc(N)c2ncc(Cc3cnc(N4CCN(CC(C)C)CC4)c(C)c3)n2n1. The molecule has 0 saturated carbocycles. The minimum atomic E-state index is 0.286. The molecule has 9 heteroatoms. The first-order chi connectivity index (χ1) is 15.9. The Morgan fingerprint density at radius 2 is 1.91 bits per heavy atom. The molecule has 0 amide bonds. The second kappa shape index (κ2) is 10.3. The predicted octanol–water partition coefficient (Wildman–Crippen LogP) is 2.96. The van der Waals surface area contributed by atoms with Gasteiger partial charge in [-0.2, -0.15) is 4.98 Å². The van der Waals surface area contributed by atoms with Crippen LogP contribution in [0.3, 0.4) is 0 Å². The predicted molar refractivity (Wildman–Crippen MR) is 131 cm³/mol. The molecule has 9 nitrogen and oxygen atoms in total. The van der Waals surface area contributed by atoms with Crippen LogP contribution in [-0.4, -0.2) is 68.8 Å². The Morgan fingerprint density at radius 3 is 2.61 bits per heavy atom. The van der Waals surface area contributed by atoms with Gasteiger partial charge in [0.25, 0.3) is 0 Å². The highest BCUT2D eigenvalue weighted by Gasteiger charge is 2.20. The van der Waals surface area contributed by atoms with Crippen molar-refractivity contribution in [3.63, 3.8) is 0 Å². The van der Waals surface area contributed by atoms with Gasteiger partial charge in [-0.3, -0.25) is 4.90 Å². The van der Waals surface area contributed by atoms with Crippen molar-refractivity contribution in [2.24, 2.45) is 5.92 Å². The summed E-state index contributed by atoms with van der Waals surface area (Å²) in [4.78, 5) is 18.4. The summed E-state index contributed by atoms with van der Waals surface area (Å²) in [5.74, 6) is 2.11. The van der Waals surface area contributed by atoms with E-state index in [1.165, 1.54) is 5.56 Å². The van der Waals surface area contributed by atoms with Crippen molar-refractivity contribution in [3.05, 3.63) is 35.3 Å². The van der Waals surface area contributed by atoms with Crippen molar-refractivity contribution in [2.75, 3.05) is 50.0 Å². The number of unbranched alkanes of at least 4 members (excludes halogenated alkanes) is 1. The highest BCUT2D eigenvalue weighted by Crippen LogP contribution is 2.22. The van der Waals surface area contributed by atoms with E-state index in [-0.39, 0.29) is 6.01 Å². The van der Waals surface area contributed by atoms with E-state index >= 15 is 0 Å². The number of ether oxygens (including phenoxy) is 1. The Balaban J connectivity index is 1.47. The fourth-order valence-electron chi connectivity index (χ4n) is 4.34. The monoisotopic (exact) mass is 452 g/mol. The van der Waals surface area contributed by atoms with Gasteiger partial charge in [0.2, 0.25) is 0 Å². The van der Waals surface area contributed by atoms with Gasteiger partial charge < -0.3 is 15.4 Å². The molecule has 0 aliphatic carbocycles. The number of pyridine rings is 1. The molecule has 178 valence electrons. The van der Waals surface area contributed by atoms with Crippen LogP contribution < -0.4 is 15.4 Å². The van der Waals surface area contributed by atoms with Crippen LogP contribution in [0, 0.1) is 12.8 Å². The minimum absolute atomic E-state index is 0.286. The Bertz CT molecular complexity index is 1070. The molecule has 0 aromatic carbocycles. The number of aromatic nitrogens is 5. The molecular formula is C24H36N8O. The molecule has 0 radical (unpaired) electrons. The normalized spacial score (nSPS) is 15.0. The maximum Gasteiger partial charge on any atom is 0.336 e. The number of piperazine rings is 1. The summed E-state index contributed by atoms with van der Waals surface area (Å²) < 4.78 is 7.41. The highest BCUT2D eigenvalue weighted by atomic mass is 16.5. The maximum absolute atomic E-state index is 6.10. The first-order valence-electron chi connectivity index (χ1n) is 12.0. The largest absolute Gasteiger partial charge is 0.462 e. The zero-order valence-corrected chi connectivity index (χ0v) is 20.3. The fourth-order valence-corrected chi connectivity index (χ4v) is 4.34. The molecule has 1 fully saturated rings. The number of imidazole rings is 1. The van der Waals surface area contributed by atoms with Gasteiger partial charge in [-0.05, 0) is 30.4 Å².